The highest BCUT2D eigenvalue weighted by molar-refractivity contribution is 7.88. The zero-order valence-electron chi connectivity index (χ0n) is 19.1. The average Bonchev–Trinajstić information content (AvgIpc) is 2.74. The van der Waals surface area contributed by atoms with E-state index in [1.54, 1.807) is 12.3 Å². The maximum atomic E-state index is 11.5. The van der Waals surface area contributed by atoms with Gasteiger partial charge in [-0.05, 0) is 30.7 Å². The van der Waals surface area contributed by atoms with E-state index in [0.717, 1.165) is 34.1 Å². The zero-order chi connectivity index (χ0) is 24.2. The SMILES string of the molecule is C=C/C=C(/c1cc(C)nc2c(OCc3c(Cl)cncc3CNS(C)(=O)=O)cccc12)N(C)C. The second-order valence-electron chi connectivity index (χ2n) is 7.79. The van der Waals surface area contributed by atoms with E-state index < -0.39 is 10.0 Å². The fraction of sp³-hybridized carbons (Fsp3) is 0.250. The largest absolute Gasteiger partial charge is 0.487 e. The van der Waals surface area contributed by atoms with Gasteiger partial charge in [0, 0.05) is 60.9 Å². The van der Waals surface area contributed by atoms with Crippen molar-refractivity contribution in [3.63, 3.8) is 0 Å². The van der Waals surface area contributed by atoms with Gasteiger partial charge in [-0.3, -0.25) is 4.98 Å². The molecule has 0 aliphatic carbocycles. The maximum Gasteiger partial charge on any atom is 0.209 e. The van der Waals surface area contributed by atoms with Gasteiger partial charge in [-0.2, -0.15) is 0 Å². The summed E-state index contributed by atoms with van der Waals surface area (Å²) in [6.45, 7) is 5.98. The van der Waals surface area contributed by atoms with Gasteiger partial charge in [-0.1, -0.05) is 36.4 Å². The summed E-state index contributed by atoms with van der Waals surface area (Å²) in [4.78, 5) is 10.8. The van der Waals surface area contributed by atoms with Gasteiger partial charge in [0.2, 0.25) is 10.0 Å². The second kappa shape index (κ2) is 10.3. The number of aryl methyl sites for hydroxylation is 1. The molecule has 1 N–H and O–H groups in total. The van der Waals surface area contributed by atoms with E-state index in [-0.39, 0.29) is 13.2 Å². The van der Waals surface area contributed by atoms with Crippen molar-refractivity contribution in [2.24, 2.45) is 0 Å². The molecule has 0 saturated heterocycles. The van der Waals surface area contributed by atoms with Gasteiger partial charge in [-0.15, -0.1) is 0 Å². The smallest absolute Gasteiger partial charge is 0.209 e. The van der Waals surface area contributed by atoms with Crippen molar-refractivity contribution >= 4 is 38.2 Å². The number of para-hydroxylation sites is 1. The van der Waals surface area contributed by atoms with Crippen molar-refractivity contribution in [3.05, 3.63) is 82.8 Å². The molecule has 2 aromatic heterocycles. The summed E-state index contributed by atoms with van der Waals surface area (Å²) >= 11 is 6.37. The van der Waals surface area contributed by atoms with E-state index in [9.17, 15) is 8.42 Å². The van der Waals surface area contributed by atoms with Crippen LogP contribution in [0, 0.1) is 6.92 Å². The van der Waals surface area contributed by atoms with Crippen LogP contribution in [0.2, 0.25) is 5.02 Å². The number of hydrogen-bond donors (Lipinski definition) is 1. The van der Waals surface area contributed by atoms with Crippen LogP contribution in [0.5, 0.6) is 5.75 Å². The summed E-state index contributed by atoms with van der Waals surface area (Å²) in [5, 5.41) is 1.34. The Morgan fingerprint density at radius 2 is 2.06 bits per heavy atom. The third-order valence-corrected chi connectivity index (χ3v) is 5.95. The Kier molecular flexibility index (Phi) is 7.73. The summed E-state index contributed by atoms with van der Waals surface area (Å²) in [6.07, 6.45) is 7.91. The number of nitrogens with zero attached hydrogens (tertiary/aromatic N) is 3. The molecule has 3 rings (SSSR count). The van der Waals surface area contributed by atoms with Gasteiger partial charge in [-0.25, -0.2) is 18.1 Å². The van der Waals surface area contributed by atoms with E-state index in [1.165, 1.54) is 6.20 Å². The number of rotatable bonds is 9. The van der Waals surface area contributed by atoms with E-state index in [2.05, 4.69) is 16.3 Å². The molecule has 174 valence electrons. The monoisotopic (exact) mass is 486 g/mol. The summed E-state index contributed by atoms with van der Waals surface area (Å²) in [5.41, 5.74) is 4.91. The van der Waals surface area contributed by atoms with E-state index in [0.29, 0.717) is 21.9 Å². The highest BCUT2D eigenvalue weighted by Gasteiger charge is 2.15. The lowest BCUT2D eigenvalue weighted by Crippen LogP contribution is -2.22. The predicted molar refractivity (Wildman–Crippen MR) is 134 cm³/mol. The van der Waals surface area contributed by atoms with Crippen molar-refractivity contribution < 1.29 is 13.2 Å². The Balaban J connectivity index is 2.01. The standard InChI is InChI=1S/C24H27ClN4O3S/c1-6-8-22(29(3)4)19-11-16(2)28-24-18(19)9-7-10-23(24)32-15-20-17(12-26-14-21(20)25)13-27-33(5,30)31/h6-12,14,27H,1,13,15H2,2-5H3/b22-8-. The van der Waals surface area contributed by atoms with Crippen LogP contribution in [0.15, 0.2) is 55.4 Å². The molecule has 0 amide bonds. The van der Waals surface area contributed by atoms with Gasteiger partial charge in [0.1, 0.15) is 17.9 Å². The average molecular weight is 487 g/mol. The normalized spacial score (nSPS) is 12.1. The number of nitrogens with one attached hydrogen (secondary N) is 1. The molecule has 0 unspecified atom stereocenters. The lowest BCUT2D eigenvalue weighted by Gasteiger charge is -2.20. The second-order valence-corrected chi connectivity index (χ2v) is 10.0. The van der Waals surface area contributed by atoms with Gasteiger partial charge in [0.25, 0.3) is 0 Å². The molecule has 0 spiro atoms. The van der Waals surface area contributed by atoms with Crippen molar-refractivity contribution in [2.45, 2.75) is 20.1 Å². The van der Waals surface area contributed by atoms with Crippen molar-refractivity contribution in [1.82, 2.24) is 19.6 Å². The van der Waals surface area contributed by atoms with Gasteiger partial charge < -0.3 is 9.64 Å². The molecule has 0 fully saturated rings. The number of aromatic nitrogens is 2. The molecule has 0 saturated carbocycles. The topological polar surface area (TPSA) is 84.4 Å². The van der Waals surface area contributed by atoms with Crippen molar-refractivity contribution in [3.8, 4) is 5.75 Å². The molecule has 0 aliphatic rings. The fourth-order valence-corrected chi connectivity index (χ4v) is 4.09. The highest BCUT2D eigenvalue weighted by atomic mass is 35.5. The minimum Gasteiger partial charge on any atom is -0.487 e. The molecule has 9 heteroatoms. The molecule has 0 atom stereocenters. The quantitative estimate of drug-likeness (QED) is 0.454. The Labute approximate surface area is 199 Å². The minimum absolute atomic E-state index is 0.0701. The first-order chi connectivity index (χ1) is 15.6. The molecular weight excluding hydrogens is 460 g/mol. The lowest BCUT2D eigenvalue weighted by molar-refractivity contribution is 0.308. The number of hydrogen-bond acceptors (Lipinski definition) is 6. The van der Waals surface area contributed by atoms with Gasteiger partial charge in [0.05, 0.1) is 11.3 Å². The lowest BCUT2D eigenvalue weighted by atomic mass is 10.0. The first kappa shape index (κ1) is 24.7. The number of halogens is 1. The highest BCUT2D eigenvalue weighted by Crippen LogP contribution is 2.32. The van der Waals surface area contributed by atoms with Crippen LogP contribution in [-0.2, 0) is 23.2 Å². The van der Waals surface area contributed by atoms with Crippen LogP contribution in [0.25, 0.3) is 16.6 Å². The summed E-state index contributed by atoms with van der Waals surface area (Å²) in [5.74, 6) is 0.601. The molecule has 0 aliphatic heterocycles. The number of sulfonamides is 1. The Morgan fingerprint density at radius 3 is 2.73 bits per heavy atom. The first-order valence-corrected chi connectivity index (χ1v) is 12.5. The number of ether oxygens (including phenoxy) is 1. The number of pyridine rings is 2. The summed E-state index contributed by atoms with van der Waals surface area (Å²) in [6, 6.07) is 7.82. The third kappa shape index (κ3) is 6.10. The van der Waals surface area contributed by atoms with Crippen LogP contribution in [0.1, 0.15) is 22.4 Å². The van der Waals surface area contributed by atoms with Crippen LogP contribution in [-0.4, -0.2) is 43.6 Å². The van der Waals surface area contributed by atoms with E-state index >= 15 is 0 Å². The van der Waals surface area contributed by atoms with Crippen LogP contribution >= 0.6 is 11.6 Å². The molecule has 0 bridgehead atoms. The molecular formula is C24H27ClN4O3S. The summed E-state index contributed by atoms with van der Waals surface area (Å²) < 4.78 is 31.7. The van der Waals surface area contributed by atoms with Crippen molar-refractivity contribution in [2.75, 3.05) is 20.4 Å². The Morgan fingerprint density at radius 1 is 1.30 bits per heavy atom. The molecule has 2 heterocycles. The third-order valence-electron chi connectivity index (χ3n) is 4.96. The summed E-state index contributed by atoms with van der Waals surface area (Å²) in [7, 11) is 0.596. The van der Waals surface area contributed by atoms with Crippen LogP contribution in [0.4, 0.5) is 0 Å². The van der Waals surface area contributed by atoms with Crippen LogP contribution < -0.4 is 9.46 Å². The van der Waals surface area contributed by atoms with Crippen LogP contribution in [0.3, 0.4) is 0 Å². The number of fused-ring (bicyclic) bond motifs is 1. The molecule has 1 aromatic carbocycles. The molecule has 3 aromatic rings. The predicted octanol–water partition coefficient (Wildman–Crippen LogP) is 4.31. The molecule has 7 nitrogen and oxygen atoms in total. The van der Waals surface area contributed by atoms with E-state index in [4.69, 9.17) is 21.3 Å². The van der Waals surface area contributed by atoms with E-state index in [1.807, 2.05) is 56.3 Å². The Hall–Kier alpha value is -2.94. The zero-order valence-corrected chi connectivity index (χ0v) is 20.7. The molecule has 33 heavy (non-hydrogen) atoms. The van der Waals surface area contributed by atoms with Gasteiger partial charge in [0.15, 0.2) is 0 Å². The molecule has 0 radical (unpaired) electrons. The number of benzene rings is 1. The first-order valence-electron chi connectivity index (χ1n) is 10.2. The maximum absolute atomic E-state index is 11.5. The number of allylic oxidation sites excluding steroid dienone is 2. The Bertz CT molecular complexity index is 1320. The van der Waals surface area contributed by atoms with Crippen molar-refractivity contribution in [1.29, 1.82) is 0 Å². The fourth-order valence-electron chi connectivity index (χ4n) is 3.44. The van der Waals surface area contributed by atoms with Gasteiger partial charge >= 0.3 is 0 Å². The minimum atomic E-state index is -3.37.